The second-order valence-electron chi connectivity index (χ2n) is 2.82. The number of terminal acetylenes is 1. The van der Waals surface area contributed by atoms with Gasteiger partial charge in [-0.15, -0.1) is 6.42 Å². The van der Waals surface area contributed by atoms with Crippen molar-refractivity contribution in [3.63, 3.8) is 0 Å². The van der Waals surface area contributed by atoms with Gasteiger partial charge in [-0.05, 0) is 13.8 Å². The van der Waals surface area contributed by atoms with Gasteiger partial charge in [-0.1, -0.05) is 12.8 Å². The molecule has 0 aromatic heterocycles. The highest BCUT2D eigenvalue weighted by Crippen LogP contribution is 2.18. The van der Waals surface area contributed by atoms with Crippen molar-refractivity contribution >= 4 is 0 Å². The average Bonchev–Trinajstić information content (AvgIpc) is 1.86. The van der Waals surface area contributed by atoms with Gasteiger partial charge < -0.3 is 10.2 Å². The third-order valence-corrected chi connectivity index (χ3v) is 1.90. The van der Waals surface area contributed by atoms with Crippen molar-refractivity contribution in [1.29, 1.82) is 0 Å². The van der Waals surface area contributed by atoms with Crippen LogP contribution in [0.2, 0.25) is 0 Å². The van der Waals surface area contributed by atoms with Crippen molar-refractivity contribution in [1.82, 2.24) is 0 Å². The number of aliphatic hydroxyl groups excluding tert-OH is 1. The first kappa shape index (κ1) is 9.48. The third-order valence-electron chi connectivity index (χ3n) is 1.90. The normalized spacial score (nSPS) is 22.4. The van der Waals surface area contributed by atoms with Gasteiger partial charge in [0, 0.05) is 5.92 Å². The van der Waals surface area contributed by atoms with Crippen LogP contribution < -0.4 is 0 Å². The highest BCUT2D eigenvalue weighted by molar-refractivity contribution is 5.07. The smallest absolute Gasteiger partial charge is 0.127 e. The molecule has 0 aromatic rings. The van der Waals surface area contributed by atoms with Crippen molar-refractivity contribution in [2.24, 2.45) is 5.92 Å². The molecule has 0 aliphatic heterocycles. The zero-order valence-corrected chi connectivity index (χ0v) is 6.63. The van der Waals surface area contributed by atoms with Crippen LogP contribution in [0.4, 0.5) is 0 Å². The van der Waals surface area contributed by atoms with E-state index in [4.69, 9.17) is 11.5 Å². The number of rotatable bonds is 2. The predicted molar refractivity (Wildman–Crippen MR) is 40.3 cm³/mol. The number of hydrogen-bond donors (Lipinski definition) is 2. The molecule has 0 saturated heterocycles. The van der Waals surface area contributed by atoms with Gasteiger partial charge in [-0.2, -0.15) is 0 Å². The van der Waals surface area contributed by atoms with E-state index in [9.17, 15) is 5.11 Å². The Balaban J connectivity index is 4.22. The van der Waals surface area contributed by atoms with Crippen LogP contribution in [-0.4, -0.2) is 21.9 Å². The highest BCUT2D eigenvalue weighted by Gasteiger charge is 2.28. The highest BCUT2D eigenvalue weighted by atomic mass is 16.3. The van der Waals surface area contributed by atoms with E-state index < -0.39 is 11.7 Å². The van der Waals surface area contributed by atoms with Crippen LogP contribution in [0.5, 0.6) is 0 Å². The molecule has 2 heteroatoms. The van der Waals surface area contributed by atoms with Gasteiger partial charge in [0.15, 0.2) is 0 Å². The molecule has 3 atom stereocenters. The quantitative estimate of drug-likeness (QED) is 0.547. The van der Waals surface area contributed by atoms with Crippen molar-refractivity contribution in [3.05, 3.63) is 0 Å². The Morgan fingerprint density at radius 1 is 1.50 bits per heavy atom. The first-order valence-corrected chi connectivity index (χ1v) is 3.30. The molecule has 10 heavy (non-hydrogen) atoms. The summed E-state index contributed by atoms with van der Waals surface area (Å²) in [6.07, 6.45) is 4.46. The summed E-state index contributed by atoms with van der Waals surface area (Å²) < 4.78 is 0. The van der Waals surface area contributed by atoms with E-state index in [1.807, 2.05) is 0 Å². The fourth-order valence-electron chi connectivity index (χ4n) is 0.601. The van der Waals surface area contributed by atoms with E-state index in [0.29, 0.717) is 0 Å². The van der Waals surface area contributed by atoms with Crippen LogP contribution in [0.1, 0.15) is 20.8 Å². The minimum atomic E-state index is -1.20. The Morgan fingerprint density at radius 3 is 2.00 bits per heavy atom. The molecule has 0 aliphatic rings. The maximum atomic E-state index is 9.37. The van der Waals surface area contributed by atoms with Gasteiger partial charge in [0.05, 0.1) is 6.10 Å². The maximum absolute atomic E-state index is 9.37. The minimum absolute atomic E-state index is 0.294. The molecule has 3 unspecified atom stereocenters. The first-order chi connectivity index (χ1) is 4.41. The van der Waals surface area contributed by atoms with Gasteiger partial charge in [0.1, 0.15) is 5.60 Å². The van der Waals surface area contributed by atoms with E-state index in [2.05, 4.69) is 5.92 Å². The topological polar surface area (TPSA) is 40.5 Å². The molecule has 0 fully saturated rings. The van der Waals surface area contributed by atoms with Gasteiger partial charge in [0.25, 0.3) is 0 Å². The van der Waals surface area contributed by atoms with E-state index >= 15 is 0 Å². The maximum Gasteiger partial charge on any atom is 0.127 e. The van der Waals surface area contributed by atoms with Gasteiger partial charge in [-0.25, -0.2) is 0 Å². The number of hydrogen-bond acceptors (Lipinski definition) is 2. The molecule has 0 saturated carbocycles. The zero-order valence-electron chi connectivity index (χ0n) is 6.63. The second kappa shape index (κ2) is 3.05. The molecule has 0 aliphatic carbocycles. The monoisotopic (exact) mass is 142 g/mol. The summed E-state index contributed by atoms with van der Waals surface area (Å²) >= 11 is 0. The molecule has 2 N–H and O–H groups in total. The average molecular weight is 142 g/mol. The van der Waals surface area contributed by atoms with Crippen molar-refractivity contribution < 1.29 is 10.2 Å². The molecule has 0 spiro atoms. The van der Waals surface area contributed by atoms with Gasteiger partial charge >= 0.3 is 0 Å². The summed E-state index contributed by atoms with van der Waals surface area (Å²) in [5.74, 6) is 1.92. The summed E-state index contributed by atoms with van der Waals surface area (Å²) in [7, 11) is 0. The summed E-state index contributed by atoms with van der Waals surface area (Å²) in [6.45, 7) is 4.84. The van der Waals surface area contributed by atoms with Crippen LogP contribution in [0, 0.1) is 18.3 Å². The Bertz CT molecular complexity index is 142. The summed E-state index contributed by atoms with van der Waals surface area (Å²) in [4.78, 5) is 0. The molecule has 0 heterocycles. The lowest BCUT2D eigenvalue weighted by molar-refractivity contribution is -0.00310. The molecule has 58 valence electrons. The second-order valence-corrected chi connectivity index (χ2v) is 2.82. The molecular weight excluding hydrogens is 128 g/mol. The predicted octanol–water partition coefficient (Wildman–Crippen LogP) is 0.388. The minimum Gasteiger partial charge on any atom is -0.393 e. The largest absolute Gasteiger partial charge is 0.393 e. The van der Waals surface area contributed by atoms with Crippen molar-refractivity contribution in [2.75, 3.05) is 0 Å². The Hall–Kier alpha value is -0.520. The van der Waals surface area contributed by atoms with Crippen LogP contribution in [0.3, 0.4) is 0 Å². The van der Waals surface area contributed by atoms with E-state index in [-0.39, 0.29) is 5.92 Å². The van der Waals surface area contributed by atoms with Crippen LogP contribution in [0.25, 0.3) is 0 Å². The summed E-state index contributed by atoms with van der Waals surface area (Å²) in [5.41, 5.74) is -1.20. The van der Waals surface area contributed by atoms with Gasteiger partial charge in [0.2, 0.25) is 0 Å². The molecule has 0 amide bonds. The molecule has 0 radical (unpaired) electrons. The zero-order chi connectivity index (χ0) is 8.36. The van der Waals surface area contributed by atoms with E-state index in [1.54, 1.807) is 13.8 Å². The molecule has 2 nitrogen and oxygen atoms in total. The fraction of sp³-hybridized carbons (Fsp3) is 0.750. The molecular formula is C8H14O2. The Kier molecular flexibility index (Phi) is 2.89. The molecule has 0 bridgehead atoms. The van der Waals surface area contributed by atoms with E-state index in [0.717, 1.165) is 0 Å². The number of aliphatic hydroxyl groups is 2. The Labute approximate surface area is 61.9 Å². The standard InChI is InChI=1S/C8H14O2/c1-5-8(4,10)6(2)7(3)9/h1,6-7,9-10H,2-4H3. The van der Waals surface area contributed by atoms with Crippen LogP contribution in [0.15, 0.2) is 0 Å². The van der Waals surface area contributed by atoms with Crippen LogP contribution >= 0.6 is 0 Å². The van der Waals surface area contributed by atoms with Crippen molar-refractivity contribution in [2.45, 2.75) is 32.5 Å². The first-order valence-electron chi connectivity index (χ1n) is 3.30. The lowest BCUT2D eigenvalue weighted by Crippen LogP contribution is -2.37. The molecule has 0 aromatic carbocycles. The summed E-state index contributed by atoms with van der Waals surface area (Å²) in [6, 6.07) is 0. The van der Waals surface area contributed by atoms with E-state index in [1.165, 1.54) is 6.92 Å². The lowest BCUT2D eigenvalue weighted by atomic mass is 9.88. The SMILES string of the molecule is C#CC(C)(O)C(C)C(C)O. The third kappa shape index (κ3) is 2.02. The van der Waals surface area contributed by atoms with Crippen LogP contribution in [-0.2, 0) is 0 Å². The van der Waals surface area contributed by atoms with Crippen molar-refractivity contribution in [3.8, 4) is 12.3 Å². The fourth-order valence-corrected chi connectivity index (χ4v) is 0.601. The van der Waals surface area contributed by atoms with Gasteiger partial charge in [-0.3, -0.25) is 0 Å². The summed E-state index contributed by atoms with van der Waals surface area (Å²) in [5, 5.41) is 18.4. The molecule has 0 rings (SSSR count). The lowest BCUT2D eigenvalue weighted by Gasteiger charge is -2.26. The Morgan fingerprint density at radius 2 is 1.90 bits per heavy atom.